The predicted octanol–water partition coefficient (Wildman–Crippen LogP) is 5.87. The molecule has 1 heterocycles. The fraction of sp³-hybridized carbons (Fsp3) is 0.0833. The van der Waals surface area contributed by atoms with Gasteiger partial charge in [-0.1, -0.05) is 34.8 Å². The third kappa shape index (κ3) is 3.00. The highest BCUT2D eigenvalue weighted by molar-refractivity contribution is 6.45. The van der Waals surface area contributed by atoms with Gasteiger partial charge in [-0.3, -0.25) is 0 Å². The van der Waals surface area contributed by atoms with E-state index in [0.29, 0.717) is 6.07 Å². The summed E-state index contributed by atoms with van der Waals surface area (Å²) < 4.78 is 51.0. The summed E-state index contributed by atoms with van der Waals surface area (Å²) in [5.41, 5.74) is -1.70. The molecule has 2 aromatic rings. The van der Waals surface area contributed by atoms with Crippen LogP contribution in [0.3, 0.4) is 0 Å². The van der Waals surface area contributed by atoms with Gasteiger partial charge >= 0.3 is 6.18 Å². The van der Waals surface area contributed by atoms with E-state index >= 15 is 0 Å². The van der Waals surface area contributed by atoms with E-state index in [1.54, 1.807) is 0 Å². The Bertz CT molecular complexity index is 670. The molecular weight excluding hydrogens is 340 g/mol. The van der Waals surface area contributed by atoms with Crippen molar-refractivity contribution in [2.24, 2.45) is 0 Å². The van der Waals surface area contributed by atoms with Crippen LogP contribution in [0.2, 0.25) is 15.1 Å². The van der Waals surface area contributed by atoms with Crippen LogP contribution in [0.5, 0.6) is 0 Å². The molecule has 1 aromatic heterocycles. The van der Waals surface area contributed by atoms with Crippen LogP contribution < -0.4 is 0 Å². The number of alkyl halides is 3. The van der Waals surface area contributed by atoms with Crippen molar-refractivity contribution in [1.29, 1.82) is 0 Å². The van der Waals surface area contributed by atoms with Crippen LogP contribution in [0.25, 0.3) is 11.3 Å². The Labute approximate surface area is 126 Å². The Hall–Kier alpha value is -1.04. The standard InChI is InChI=1S/C12H4Cl3F4N/c13-5-3-6(10(15)7(14)4-5)9-2-1-8(16)11(20-9)12(17,18)19/h1-4H. The maximum atomic E-state index is 13.2. The van der Waals surface area contributed by atoms with Crippen molar-refractivity contribution >= 4 is 34.8 Å². The molecule has 0 N–H and O–H groups in total. The summed E-state index contributed by atoms with van der Waals surface area (Å²) in [6.07, 6.45) is -4.91. The Balaban J connectivity index is 2.66. The molecule has 0 radical (unpaired) electrons. The highest BCUT2D eigenvalue weighted by Gasteiger charge is 2.36. The van der Waals surface area contributed by atoms with Gasteiger partial charge in [-0.25, -0.2) is 9.37 Å². The molecule has 0 aliphatic heterocycles. The molecule has 0 saturated heterocycles. The summed E-state index contributed by atoms with van der Waals surface area (Å²) in [4.78, 5) is 3.26. The van der Waals surface area contributed by atoms with Gasteiger partial charge in [0.25, 0.3) is 0 Å². The van der Waals surface area contributed by atoms with Gasteiger partial charge in [-0.15, -0.1) is 0 Å². The molecule has 0 fully saturated rings. The molecule has 106 valence electrons. The molecule has 0 aliphatic rings. The third-order valence-corrected chi connectivity index (χ3v) is 3.40. The molecule has 0 aliphatic carbocycles. The van der Waals surface area contributed by atoms with Gasteiger partial charge in [0.05, 0.1) is 15.7 Å². The minimum absolute atomic E-state index is 0.0108. The molecule has 1 nitrogen and oxygen atoms in total. The predicted molar refractivity (Wildman–Crippen MR) is 69.7 cm³/mol. The van der Waals surface area contributed by atoms with Crippen molar-refractivity contribution in [3.05, 3.63) is 50.8 Å². The van der Waals surface area contributed by atoms with Gasteiger partial charge in [0.15, 0.2) is 11.5 Å². The van der Waals surface area contributed by atoms with E-state index in [1.165, 1.54) is 12.1 Å². The fourth-order valence-electron chi connectivity index (χ4n) is 1.53. The summed E-state index contributed by atoms with van der Waals surface area (Å²) in [5.74, 6) is -1.47. The first-order chi connectivity index (χ1) is 9.20. The number of rotatable bonds is 1. The average Bonchev–Trinajstić information content (AvgIpc) is 2.33. The normalized spacial score (nSPS) is 11.8. The summed E-state index contributed by atoms with van der Waals surface area (Å²) in [6.45, 7) is 0. The van der Waals surface area contributed by atoms with Crippen molar-refractivity contribution in [3.8, 4) is 11.3 Å². The minimum atomic E-state index is -4.91. The van der Waals surface area contributed by atoms with Crippen molar-refractivity contribution in [2.75, 3.05) is 0 Å². The van der Waals surface area contributed by atoms with E-state index in [2.05, 4.69) is 4.98 Å². The topological polar surface area (TPSA) is 12.9 Å². The Kier molecular flexibility index (Phi) is 4.14. The Morgan fingerprint density at radius 3 is 2.25 bits per heavy atom. The van der Waals surface area contributed by atoms with Crippen LogP contribution in [0.1, 0.15) is 5.69 Å². The van der Waals surface area contributed by atoms with Crippen LogP contribution in [-0.2, 0) is 6.18 Å². The van der Waals surface area contributed by atoms with Gasteiger partial charge < -0.3 is 0 Å². The van der Waals surface area contributed by atoms with Gasteiger partial charge in [0.1, 0.15) is 0 Å². The molecule has 2 rings (SSSR count). The maximum absolute atomic E-state index is 13.2. The smallest absolute Gasteiger partial charge is 0.240 e. The molecule has 0 bridgehead atoms. The number of halogens is 7. The van der Waals surface area contributed by atoms with E-state index in [0.717, 1.165) is 6.07 Å². The van der Waals surface area contributed by atoms with Crippen LogP contribution >= 0.6 is 34.8 Å². The number of pyridine rings is 1. The quantitative estimate of drug-likeness (QED) is 0.466. The van der Waals surface area contributed by atoms with Crippen molar-refractivity contribution in [1.82, 2.24) is 4.98 Å². The van der Waals surface area contributed by atoms with Crippen molar-refractivity contribution in [2.45, 2.75) is 6.18 Å². The highest BCUT2D eigenvalue weighted by atomic mass is 35.5. The van der Waals surface area contributed by atoms with E-state index < -0.39 is 17.7 Å². The summed E-state index contributed by atoms with van der Waals surface area (Å²) in [6, 6.07) is 4.37. The third-order valence-electron chi connectivity index (χ3n) is 2.38. The zero-order valence-corrected chi connectivity index (χ0v) is 11.7. The molecule has 20 heavy (non-hydrogen) atoms. The molecule has 0 saturated carbocycles. The van der Waals surface area contributed by atoms with Crippen molar-refractivity contribution in [3.63, 3.8) is 0 Å². The Morgan fingerprint density at radius 1 is 1.00 bits per heavy atom. The number of aromatic nitrogens is 1. The average molecular weight is 345 g/mol. The van der Waals surface area contributed by atoms with Crippen LogP contribution in [-0.4, -0.2) is 4.98 Å². The first-order valence-corrected chi connectivity index (χ1v) is 6.22. The zero-order chi connectivity index (χ0) is 15.1. The van der Waals surface area contributed by atoms with Crippen LogP contribution in [0, 0.1) is 5.82 Å². The maximum Gasteiger partial charge on any atom is 0.436 e. The second kappa shape index (κ2) is 5.39. The zero-order valence-electron chi connectivity index (χ0n) is 9.40. The second-order valence-corrected chi connectivity index (χ2v) is 5.00. The van der Waals surface area contributed by atoms with E-state index in [4.69, 9.17) is 34.8 Å². The van der Waals surface area contributed by atoms with Gasteiger partial charge in [0.2, 0.25) is 0 Å². The Morgan fingerprint density at radius 2 is 1.65 bits per heavy atom. The lowest BCUT2D eigenvalue weighted by Gasteiger charge is -2.11. The van der Waals surface area contributed by atoms with Gasteiger partial charge in [-0.05, 0) is 24.3 Å². The summed E-state index contributed by atoms with van der Waals surface area (Å²) >= 11 is 17.5. The molecule has 0 atom stereocenters. The molecule has 0 amide bonds. The second-order valence-electron chi connectivity index (χ2n) is 3.77. The van der Waals surface area contributed by atoms with Crippen LogP contribution in [0.4, 0.5) is 17.6 Å². The molecule has 8 heteroatoms. The lowest BCUT2D eigenvalue weighted by molar-refractivity contribution is -0.143. The van der Waals surface area contributed by atoms with E-state index in [-0.39, 0.29) is 26.3 Å². The number of nitrogens with zero attached hydrogens (tertiary/aromatic N) is 1. The first kappa shape index (κ1) is 15.4. The fourth-order valence-corrected chi connectivity index (χ4v) is 2.23. The largest absolute Gasteiger partial charge is 0.436 e. The van der Waals surface area contributed by atoms with Crippen LogP contribution in [0.15, 0.2) is 24.3 Å². The summed E-state index contributed by atoms with van der Waals surface area (Å²) in [7, 11) is 0. The lowest BCUT2D eigenvalue weighted by atomic mass is 10.1. The molecule has 0 spiro atoms. The monoisotopic (exact) mass is 343 g/mol. The molecular formula is C12H4Cl3F4N. The first-order valence-electron chi connectivity index (χ1n) is 5.09. The highest BCUT2D eigenvalue weighted by Crippen LogP contribution is 2.37. The van der Waals surface area contributed by atoms with Gasteiger partial charge in [0, 0.05) is 10.6 Å². The number of benzene rings is 1. The molecule has 1 aromatic carbocycles. The molecule has 0 unspecified atom stereocenters. The minimum Gasteiger partial charge on any atom is -0.240 e. The lowest BCUT2D eigenvalue weighted by Crippen LogP contribution is -2.11. The van der Waals surface area contributed by atoms with Gasteiger partial charge in [-0.2, -0.15) is 13.2 Å². The van der Waals surface area contributed by atoms with Crippen molar-refractivity contribution < 1.29 is 17.6 Å². The SMILES string of the molecule is Fc1ccc(-c2cc(Cl)cc(Cl)c2Cl)nc1C(F)(F)F. The number of hydrogen-bond acceptors (Lipinski definition) is 1. The summed E-state index contributed by atoms with van der Waals surface area (Å²) in [5, 5.41) is 0.228. The van der Waals surface area contributed by atoms with E-state index in [1.807, 2.05) is 0 Å². The van der Waals surface area contributed by atoms with E-state index in [9.17, 15) is 17.6 Å². The number of hydrogen-bond donors (Lipinski definition) is 0.